The molecule has 0 aliphatic rings. The van der Waals surface area contributed by atoms with Gasteiger partial charge in [-0.3, -0.25) is 4.79 Å². The maximum atomic E-state index is 11.3. The first-order valence-electron chi connectivity index (χ1n) is 4.67. The molecule has 6 nitrogen and oxygen atoms in total. The molecule has 1 heterocycles. The van der Waals surface area contributed by atoms with Crippen LogP contribution in [0.1, 0.15) is 24.6 Å². The van der Waals surface area contributed by atoms with Crippen LogP contribution in [-0.2, 0) is 14.8 Å². The molecule has 1 rings (SSSR count). The molecule has 0 aromatic carbocycles. The van der Waals surface area contributed by atoms with E-state index in [1.54, 1.807) is 12.1 Å². The van der Waals surface area contributed by atoms with Crippen molar-refractivity contribution in [3.05, 3.63) is 24.0 Å². The molecule has 0 spiro atoms. The minimum Gasteiger partial charge on any atom is -0.481 e. The molecule has 0 aliphatic heterocycles. The number of carboxylic acid groups (broad SMARTS) is 1. The number of hydrogen-bond donors (Lipinski definition) is 2. The summed E-state index contributed by atoms with van der Waals surface area (Å²) in [6.45, 7) is 0. The number of nitrogens with two attached hydrogens (primary N) is 1. The predicted molar refractivity (Wildman–Crippen MR) is 58.5 cm³/mol. The Morgan fingerprint density at radius 2 is 2.25 bits per heavy atom. The normalized spacial score (nSPS) is 13.6. The van der Waals surface area contributed by atoms with E-state index in [9.17, 15) is 13.2 Å². The third-order valence-corrected chi connectivity index (χ3v) is 3.20. The van der Waals surface area contributed by atoms with Crippen molar-refractivity contribution >= 4 is 16.0 Å². The van der Waals surface area contributed by atoms with E-state index in [4.69, 9.17) is 10.8 Å². The highest BCUT2D eigenvalue weighted by Gasteiger charge is 2.16. The molecular weight excluding hydrogens is 232 g/mol. The van der Waals surface area contributed by atoms with Crippen molar-refractivity contribution in [3.63, 3.8) is 0 Å². The first-order valence-corrected chi connectivity index (χ1v) is 6.52. The third-order valence-electron chi connectivity index (χ3n) is 2.15. The molecule has 16 heavy (non-hydrogen) atoms. The van der Waals surface area contributed by atoms with Gasteiger partial charge in [-0.2, -0.15) is 0 Å². The van der Waals surface area contributed by atoms with Crippen molar-refractivity contribution in [1.29, 1.82) is 0 Å². The van der Waals surface area contributed by atoms with Crippen molar-refractivity contribution in [3.8, 4) is 0 Å². The van der Waals surface area contributed by atoms with Gasteiger partial charge in [-0.15, -0.1) is 0 Å². The molecule has 0 radical (unpaired) electrons. The molecule has 1 aromatic heterocycles. The van der Waals surface area contributed by atoms with Crippen molar-refractivity contribution in [2.24, 2.45) is 5.73 Å². The monoisotopic (exact) mass is 246 g/mol. The zero-order valence-electron chi connectivity index (χ0n) is 8.83. The van der Waals surface area contributed by atoms with E-state index >= 15 is 0 Å². The highest BCUT2D eigenvalue weighted by atomic mass is 32.2. The Hall–Kier alpha value is -1.34. The van der Waals surface area contributed by atoms with Crippen LogP contribution >= 0.6 is 0 Å². The van der Waals surface area contributed by atoms with Crippen LogP contribution in [0.4, 0.5) is 0 Å². The van der Waals surface area contributed by atoms with E-state index in [2.05, 4.69) is 0 Å². The van der Waals surface area contributed by atoms with Gasteiger partial charge < -0.3 is 10.8 Å². The van der Waals surface area contributed by atoms with Crippen molar-refractivity contribution < 1.29 is 18.3 Å². The van der Waals surface area contributed by atoms with E-state index in [0.29, 0.717) is 5.69 Å². The molecule has 0 saturated heterocycles. The molecule has 1 unspecified atom stereocenters. The fourth-order valence-corrected chi connectivity index (χ4v) is 2.27. The summed E-state index contributed by atoms with van der Waals surface area (Å²) in [6.07, 6.45) is 2.58. The highest BCUT2D eigenvalue weighted by Crippen LogP contribution is 2.17. The molecule has 0 bridgehead atoms. The minimum atomic E-state index is -3.38. The number of rotatable bonds is 5. The topological polar surface area (TPSA) is 102 Å². The zero-order chi connectivity index (χ0) is 12.3. The number of nitrogens with zero attached hydrogens (tertiary/aromatic N) is 1. The van der Waals surface area contributed by atoms with Gasteiger partial charge in [-0.1, -0.05) is 0 Å². The summed E-state index contributed by atoms with van der Waals surface area (Å²) in [6, 6.07) is 2.55. The fourth-order valence-electron chi connectivity index (χ4n) is 1.40. The second-order valence-electron chi connectivity index (χ2n) is 3.53. The minimum absolute atomic E-state index is 0.0872. The number of hydrogen-bond acceptors (Lipinski definition) is 4. The molecule has 0 aliphatic carbocycles. The quantitative estimate of drug-likeness (QED) is 0.770. The number of carbonyl (C=O) groups is 1. The van der Waals surface area contributed by atoms with Crippen LogP contribution in [0.25, 0.3) is 0 Å². The molecule has 0 amide bonds. The van der Waals surface area contributed by atoms with Crippen molar-refractivity contribution in [1.82, 2.24) is 3.97 Å². The van der Waals surface area contributed by atoms with Crippen LogP contribution < -0.4 is 5.73 Å². The van der Waals surface area contributed by atoms with Crippen LogP contribution in [0.5, 0.6) is 0 Å². The first kappa shape index (κ1) is 12.7. The average molecular weight is 246 g/mol. The van der Waals surface area contributed by atoms with Gasteiger partial charge >= 0.3 is 5.97 Å². The van der Waals surface area contributed by atoms with Crippen LogP contribution in [-0.4, -0.2) is 29.7 Å². The maximum Gasteiger partial charge on any atom is 0.303 e. The van der Waals surface area contributed by atoms with Crippen molar-refractivity contribution in [2.45, 2.75) is 18.9 Å². The summed E-state index contributed by atoms with van der Waals surface area (Å²) in [7, 11) is -3.38. The summed E-state index contributed by atoms with van der Waals surface area (Å²) in [5.74, 6) is -0.951. The van der Waals surface area contributed by atoms with Crippen molar-refractivity contribution in [2.75, 3.05) is 6.26 Å². The van der Waals surface area contributed by atoms with Gasteiger partial charge in [0, 0.05) is 18.7 Å². The molecule has 90 valence electrons. The summed E-state index contributed by atoms with van der Waals surface area (Å²) in [5.41, 5.74) is 6.14. The van der Waals surface area contributed by atoms with Gasteiger partial charge in [0.15, 0.2) is 0 Å². The molecule has 1 atom stereocenters. The van der Waals surface area contributed by atoms with Crippen LogP contribution in [0.2, 0.25) is 0 Å². The van der Waals surface area contributed by atoms with Gasteiger partial charge in [0.2, 0.25) is 10.0 Å². The van der Waals surface area contributed by atoms with E-state index in [-0.39, 0.29) is 12.8 Å². The van der Waals surface area contributed by atoms with Gasteiger partial charge in [-0.05, 0) is 18.6 Å². The number of aliphatic carboxylic acids is 1. The van der Waals surface area contributed by atoms with E-state index in [1.807, 2.05) is 0 Å². The Morgan fingerprint density at radius 3 is 2.75 bits per heavy atom. The molecule has 1 aromatic rings. The lowest BCUT2D eigenvalue weighted by Gasteiger charge is -2.13. The largest absolute Gasteiger partial charge is 0.481 e. The second-order valence-corrected chi connectivity index (χ2v) is 5.39. The number of aromatic nitrogens is 1. The van der Waals surface area contributed by atoms with E-state index in [0.717, 1.165) is 10.2 Å². The summed E-state index contributed by atoms with van der Waals surface area (Å²) < 4.78 is 23.8. The molecule has 7 heteroatoms. The fraction of sp³-hybridized carbons (Fsp3) is 0.444. The maximum absolute atomic E-state index is 11.3. The Balaban J connectivity index is 2.88. The van der Waals surface area contributed by atoms with Crippen LogP contribution in [0, 0.1) is 0 Å². The Labute approximate surface area is 93.7 Å². The van der Waals surface area contributed by atoms with Gasteiger partial charge in [0.25, 0.3) is 0 Å². The lowest BCUT2D eigenvalue weighted by Crippen LogP contribution is -2.20. The Kier molecular flexibility index (Phi) is 3.71. The Morgan fingerprint density at radius 1 is 1.62 bits per heavy atom. The smallest absolute Gasteiger partial charge is 0.303 e. The molecule has 0 saturated carbocycles. The Bertz CT molecular complexity index is 477. The standard InChI is InChI=1S/C9H14N2O4S/c1-16(14,15)11-6-2-3-8(11)7(10)4-5-9(12)13/h2-3,6-7H,4-5,10H2,1H3,(H,12,13). The summed E-state index contributed by atoms with van der Waals surface area (Å²) in [4.78, 5) is 10.4. The van der Waals surface area contributed by atoms with E-state index in [1.165, 1.54) is 6.20 Å². The van der Waals surface area contributed by atoms with Crippen LogP contribution in [0.3, 0.4) is 0 Å². The predicted octanol–water partition coefficient (Wildman–Crippen LogP) is 0.160. The first-order chi connectivity index (χ1) is 7.32. The van der Waals surface area contributed by atoms with Gasteiger partial charge in [0.1, 0.15) is 0 Å². The molecule has 0 fully saturated rings. The lowest BCUT2D eigenvalue weighted by atomic mass is 10.1. The third kappa shape index (κ3) is 3.07. The van der Waals surface area contributed by atoms with Gasteiger partial charge in [0.05, 0.1) is 11.9 Å². The SMILES string of the molecule is CS(=O)(=O)n1cccc1C(N)CCC(=O)O. The van der Waals surface area contributed by atoms with E-state index < -0.39 is 22.0 Å². The van der Waals surface area contributed by atoms with Gasteiger partial charge in [-0.25, -0.2) is 12.4 Å². The lowest BCUT2D eigenvalue weighted by molar-refractivity contribution is -0.137. The zero-order valence-corrected chi connectivity index (χ0v) is 9.64. The molecule has 3 N–H and O–H groups in total. The highest BCUT2D eigenvalue weighted by molar-refractivity contribution is 7.89. The number of carboxylic acids is 1. The summed E-state index contributed by atoms with van der Waals surface area (Å²) >= 11 is 0. The average Bonchev–Trinajstić information content (AvgIpc) is 2.61. The summed E-state index contributed by atoms with van der Waals surface area (Å²) in [5, 5.41) is 8.51. The second kappa shape index (κ2) is 4.67. The molecular formula is C9H14N2O4S. The van der Waals surface area contributed by atoms with Crippen LogP contribution in [0.15, 0.2) is 18.3 Å².